The minimum Gasteiger partial charge on any atom is -0.373 e. The second-order valence-corrected chi connectivity index (χ2v) is 8.64. The second-order valence-electron chi connectivity index (χ2n) is 7.58. The minimum absolute atomic E-state index is 0.0537. The molecule has 1 N–H and O–H groups in total. The Kier molecular flexibility index (Phi) is 5.49. The summed E-state index contributed by atoms with van der Waals surface area (Å²) in [5.41, 5.74) is 2.78. The highest BCUT2D eigenvalue weighted by atomic mass is 32.1. The van der Waals surface area contributed by atoms with Crippen LogP contribution in [0.25, 0.3) is 0 Å². The van der Waals surface area contributed by atoms with Crippen LogP contribution in [0.3, 0.4) is 0 Å². The van der Waals surface area contributed by atoms with Crippen LogP contribution in [0, 0.1) is 6.92 Å². The molecule has 2 aliphatic heterocycles. The standard InChI is InChI=1S/C20H26N6O2S/c1-12-22-14(11-29-12)9-18(28)26-7-4-5-17(26)20-23-16-10-25(13(2)27)8-6-15(16)19(21-3)24-20/h11,17H,4-10H2,1-3H3,(H,21,23,24)/t17-/m1/s1. The molecule has 0 aromatic carbocycles. The number of carbonyl (C=O) groups is 2. The maximum atomic E-state index is 13.0. The van der Waals surface area contributed by atoms with E-state index in [-0.39, 0.29) is 17.9 Å². The number of thiazole rings is 1. The number of hydrogen-bond donors (Lipinski definition) is 1. The Balaban J connectivity index is 1.60. The van der Waals surface area contributed by atoms with Crippen molar-refractivity contribution < 1.29 is 9.59 Å². The molecular formula is C20H26N6O2S. The molecule has 0 unspecified atom stereocenters. The van der Waals surface area contributed by atoms with Gasteiger partial charge in [0.1, 0.15) is 5.82 Å². The number of rotatable bonds is 4. The number of amides is 2. The van der Waals surface area contributed by atoms with E-state index < -0.39 is 0 Å². The molecule has 2 aromatic heterocycles. The fraction of sp³-hybridized carbons (Fsp3) is 0.550. The average Bonchev–Trinajstić information content (AvgIpc) is 3.35. The number of aryl methyl sites for hydroxylation is 1. The fourth-order valence-corrected chi connectivity index (χ4v) is 4.77. The Morgan fingerprint density at radius 1 is 1.28 bits per heavy atom. The Morgan fingerprint density at radius 2 is 2.10 bits per heavy atom. The third kappa shape index (κ3) is 3.96. The van der Waals surface area contributed by atoms with Crippen molar-refractivity contribution in [2.45, 2.75) is 52.1 Å². The first kappa shape index (κ1) is 19.8. The zero-order chi connectivity index (χ0) is 20.5. The van der Waals surface area contributed by atoms with Gasteiger partial charge in [0.15, 0.2) is 5.82 Å². The number of carbonyl (C=O) groups excluding carboxylic acids is 2. The maximum Gasteiger partial charge on any atom is 0.229 e. The predicted octanol–water partition coefficient (Wildman–Crippen LogP) is 2.09. The Labute approximate surface area is 174 Å². The summed E-state index contributed by atoms with van der Waals surface area (Å²) in [7, 11) is 1.85. The van der Waals surface area contributed by atoms with Crippen molar-refractivity contribution >= 4 is 29.0 Å². The van der Waals surface area contributed by atoms with Gasteiger partial charge in [-0.3, -0.25) is 9.59 Å². The van der Waals surface area contributed by atoms with Crippen LogP contribution in [0.15, 0.2) is 5.38 Å². The van der Waals surface area contributed by atoms with Crippen LogP contribution in [0.4, 0.5) is 5.82 Å². The largest absolute Gasteiger partial charge is 0.373 e. The van der Waals surface area contributed by atoms with Gasteiger partial charge in [-0.25, -0.2) is 15.0 Å². The number of hydrogen-bond acceptors (Lipinski definition) is 7. The van der Waals surface area contributed by atoms with Gasteiger partial charge in [-0.15, -0.1) is 11.3 Å². The number of nitrogens with zero attached hydrogens (tertiary/aromatic N) is 5. The molecule has 0 saturated carbocycles. The fourth-order valence-electron chi connectivity index (χ4n) is 4.15. The summed E-state index contributed by atoms with van der Waals surface area (Å²) in [6.45, 7) is 5.42. The van der Waals surface area contributed by atoms with Crippen molar-refractivity contribution in [1.29, 1.82) is 0 Å². The molecule has 2 amide bonds. The van der Waals surface area contributed by atoms with E-state index in [0.717, 1.165) is 47.0 Å². The van der Waals surface area contributed by atoms with Gasteiger partial charge >= 0.3 is 0 Å². The van der Waals surface area contributed by atoms with E-state index in [2.05, 4.69) is 10.3 Å². The summed E-state index contributed by atoms with van der Waals surface area (Å²) < 4.78 is 0. The topological polar surface area (TPSA) is 91.3 Å². The molecule has 0 aliphatic carbocycles. The molecule has 2 aliphatic rings. The molecule has 0 bridgehead atoms. The molecule has 154 valence electrons. The quantitative estimate of drug-likeness (QED) is 0.824. The van der Waals surface area contributed by atoms with Gasteiger partial charge in [0, 0.05) is 38.0 Å². The van der Waals surface area contributed by atoms with Crippen molar-refractivity contribution in [3.63, 3.8) is 0 Å². The summed E-state index contributed by atoms with van der Waals surface area (Å²) in [5, 5.41) is 6.10. The van der Waals surface area contributed by atoms with Crippen LogP contribution < -0.4 is 5.32 Å². The molecule has 1 fully saturated rings. The Bertz CT molecular complexity index is 943. The summed E-state index contributed by atoms with van der Waals surface area (Å²) >= 11 is 1.56. The van der Waals surface area contributed by atoms with Crippen LogP contribution in [-0.2, 0) is 29.0 Å². The lowest BCUT2D eigenvalue weighted by Gasteiger charge is -2.30. The molecular weight excluding hydrogens is 388 g/mol. The van der Waals surface area contributed by atoms with Gasteiger partial charge in [0.2, 0.25) is 11.8 Å². The van der Waals surface area contributed by atoms with Crippen LogP contribution in [0.2, 0.25) is 0 Å². The Morgan fingerprint density at radius 3 is 2.79 bits per heavy atom. The summed E-state index contributed by atoms with van der Waals surface area (Å²) in [6, 6.07) is -0.132. The lowest BCUT2D eigenvalue weighted by Crippen LogP contribution is -2.37. The normalized spacial score (nSPS) is 18.7. The monoisotopic (exact) mass is 414 g/mol. The van der Waals surface area contributed by atoms with Crippen LogP contribution >= 0.6 is 11.3 Å². The summed E-state index contributed by atoms with van der Waals surface area (Å²) in [6.07, 6.45) is 2.83. The SMILES string of the molecule is CNc1nc([C@H]2CCCN2C(=O)Cc2csc(C)n2)nc2c1CCN(C(C)=O)C2. The minimum atomic E-state index is -0.132. The highest BCUT2D eigenvalue weighted by Crippen LogP contribution is 2.33. The van der Waals surface area contributed by atoms with Crippen LogP contribution in [0.1, 0.15) is 53.6 Å². The molecule has 29 heavy (non-hydrogen) atoms. The number of fused-ring (bicyclic) bond motifs is 1. The summed E-state index contributed by atoms with van der Waals surface area (Å²) in [5.74, 6) is 1.59. The first-order valence-corrected chi connectivity index (χ1v) is 10.9. The highest BCUT2D eigenvalue weighted by Gasteiger charge is 2.34. The molecule has 0 radical (unpaired) electrons. The number of likely N-dealkylation sites (tertiary alicyclic amines) is 1. The number of anilines is 1. The number of aromatic nitrogens is 3. The molecule has 8 nitrogen and oxygen atoms in total. The molecule has 0 spiro atoms. The molecule has 4 rings (SSSR count). The van der Waals surface area contributed by atoms with Gasteiger partial charge in [0.25, 0.3) is 0 Å². The van der Waals surface area contributed by atoms with E-state index in [4.69, 9.17) is 9.97 Å². The van der Waals surface area contributed by atoms with E-state index >= 15 is 0 Å². The Hall–Kier alpha value is -2.55. The molecule has 1 atom stereocenters. The van der Waals surface area contributed by atoms with Crippen molar-refractivity contribution in [3.8, 4) is 0 Å². The highest BCUT2D eigenvalue weighted by molar-refractivity contribution is 7.09. The van der Waals surface area contributed by atoms with E-state index in [1.165, 1.54) is 0 Å². The summed E-state index contributed by atoms with van der Waals surface area (Å²) in [4.78, 5) is 42.5. The van der Waals surface area contributed by atoms with Crippen LogP contribution in [0.5, 0.6) is 0 Å². The molecule has 2 aromatic rings. The van der Waals surface area contributed by atoms with Gasteiger partial charge < -0.3 is 15.1 Å². The third-order valence-corrected chi connectivity index (χ3v) is 6.46. The van der Waals surface area contributed by atoms with E-state index in [9.17, 15) is 9.59 Å². The van der Waals surface area contributed by atoms with Gasteiger partial charge in [-0.05, 0) is 26.2 Å². The second kappa shape index (κ2) is 8.06. The van der Waals surface area contributed by atoms with Gasteiger partial charge in [-0.2, -0.15) is 0 Å². The molecule has 9 heteroatoms. The van der Waals surface area contributed by atoms with Gasteiger partial charge in [-0.1, -0.05) is 0 Å². The van der Waals surface area contributed by atoms with E-state index in [1.54, 1.807) is 23.2 Å². The molecule has 1 saturated heterocycles. The smallest absolute Gasteiger partial charge is 0.229 e. The van der Waals surface area contributed by atoms with Crippen molar-refractivity contribution in [1.82, 2.24) is 24.8 Å². The van der Waals surface area contributed by atoms with Crippen molar-refractivity contribution in [3.05, 3.63) is 33.2 Å². The van der Waals surface area contributed by atoms with Crippen molar-refractivity contribution in [2.24, 2.45) is 0 Å². The van der Waals surface area contributed by atoms with Crippen molar-refractivity contribution in [2.75, 3.05) is 25.5 Å². The van der Waals surface area contributed by atoms with Gasteiger partial charge in [0.05, 0.1) is 35.4 Å². The number of nitrogens with one attached hydrogen (secondary N) is 1. The first-order valence-electron chi connectivity index (χ1n) is 9.99. The maximum absolute atomic E-state index is 13.0. The lowest BCUT2D eigenvalue weighted by atomic mass is 10.0. The zero-order valence-corrected chi connectivity index (χ0v) is 17.9. The third-order valence-electron chi connectivity index (χ3n) is 5.63. The predicted molar refractivity (Wildman–Crippen MR) is 111 cm³/mol. The molecule has 4 heterocycles. The first-order chi connectivity index (χ1) is 14.0. The lowest BCUT2D eigenvalue weighted by molar-refractivity contribution is -0.131. The van der Waals surface area contributed by atoms with E-state index in [1.807, 2.05) is 24.3 Å². The van der Waals surface area contributed by atoms with Crippen LogP contribution in [-0.4, -0.2) is 56.7 Å². The zero-order valence-electron chi connectivity index (χ0n) is 17.1. The average molecular weight is 415 g/mol. The van der Waals surface area contributed by atoms with E-state index in [0.29, 0.717) is 31.9 Å².